The predicted octanol–water partition coefficient (Wildman–Crippen LogP) is 3.20. The van der Waals surface area contributed by atoms with Gasteiger partial charge in [0, 0.05) is 25.0 Å². The Hall–Kier alpha value is -2.43. The minimum absolute atomic E-state index is 0.0282. The van der Waals surface area contributed by atoms with Gasteiger partial charge < -0.3 is 10.2 Å². The van der Waals surface area contributed by atoms with Crippen LogP contribution in [0.1, 0.15) is 23.2 Å². The summed E-state index contributed by atoms with van der Waals surface area (Å²) in [6.07, 6.45) is 3.69. The topological polar surface area (TPSA) is 45.2 Å². The second-order valence-corrected chi connectivity index (χ2v) is 5.03. The molecule has 0 unspecified atom stereocenters. The van der Waals surface area contributed by atoms with Crippen molar-refractivity contribution in [3.05, 3.63) is 54.0 Å². The molecule has 0 bridgehead atoms. The van der Waals surface area contributed by atoms with Crippen LogP contribution in [0.3, 0.4) is 0 Å². The van der Waals surface area contributed by atoms with Gasteiger partial charge in [-0.05, 0) is 43.2 Å². The van der Waals surface area contributed by atoms with Gasteiger partial charge in [0.2, 0.25) is 0 Å². The number of hydrogen-bond acceptors (Lipinski definition) is 3. The Kier molecular flexibility index (Phi) is 3.81. The van der Waals surface area contributed by atoms with Crippen molar-refractivity contribution in [3.8, 4) is 0 Å². The van der Waals surface area contributed by atoms with Crippen LogP contribution >= 0.6 is 0 Å². The van der Waals surface area contributed by atoms with Crippen molar-refractivity contribution in [2.45, 2.75) is 12.8 Å². The van der Waals surface area contributed by atoms with E-state index in [1.54, 1.807) is 30.5 Å². The zero-order chi connectivity index (χ0) is 14.7. The van der Waals surface area contributed by atoms with Crippen LogP contribution in [0, 0.1) is 5.82 Å². The average molecular weight is 285 g/mol. The minimum Gasteiger partial charge on any atom is -0.339 e. The molecule has 108 valence electrons. The van der Waals surface area contributed by atoms with Gasteiger partial charge in [-0.3, -0.25) is 4.79 Å². The summed E-state index contributed by atoms with van der Waals surface area (Å²) in [7, 11) is 0. The first-order valence-electron chi connectivity index (χ1n) is 7.01. The first kappa shape index (κ1) is 13.5. The molecule has 3 rings (SSSR count). The minimum atomic E-state index is -0.330. The number of rotatable bonds is 3. The molecule has 0 atom stereocenters. The van der Waals surface area contributed by atoms with Crippen LogP contribution in [-0.4, -0.2) is 28.9 Å². The van der Waals surface area contributed by atoms with E-state index in [-0.39, 0.29) is 11.7 Å². The molecule has 1 N–H and O–H groups in total. The highest BCUT2D eigenvalue weighted by Crippen LogP contribution is 2.22. The molecule has 1 saturated heterocycles. The number of anilines is 2. The summed E-state index contributed by atoms with van der Waals surface area (Å²) in [4.78, 5) is 18.5. The van der Waals surface area contributed by atoms with Crippen molar-refractivity contribution in [1.82, 2.24) is 9.88 Å². The summed E-state index contributed by atoms with van der Waals surface area (Å²) in [5, 5.41) is 3.02. The molecule has 21 heavy (non-hydrogen) atoms. The van der Waals surface area contributed by atoms with Gasteiger partial charge >= 0.3 is 0 Å². The number of benzene rings is 1. The number of likely N-dealkylation sites (tertiary alicyclic amines) is 1. The largest absolute Gasteiger partial charge is 0.339 e. The lowest BCUT2D eigenvalue weighted by Crippen LogP contribution is -2.28. The van der Waals surface area contributed by atoms with Crippen LogP contribution < -0.4 is 5.32 Å². The lowest BCUT2D eigenvalue weighted by molar-refractivity contribution is 0.0793. The Morgan fingerprint density at radius 1 is 1.19 bits per heavy atom. The van der Waals surface area contributed by atoms with Crippen LogP contribution in [-0.2, 0) is 0 Å². The average Bonchev–Trinajstić information content (AvgIpc) is 3.01. The summed E-state index contributed by atoms with van der Waals surface area (Å²) in [5.74, 6) is 0.0999. The smallest absolute Gasteiger partial charge is 0.257 e. The third-order valence-electron chi connectivity index (χ3n) is 3.52. The molecular formula is C16H16FN3O. The number of carbonyl (C=O) groups excluding carboxylic acids is 1. The summed E-state index contributed by atoms with van der Waals surface area (Å²) >= 11 is 0. The normalized spacial score (nSPS) is 14.2. The van der Waals surface area contributed by atoms with E-state index in [0.29, 0.717) is 17.1 Å². The summed E-state index contributed by atoms with van der Waals surface area (Å²) in [6.45, 7) is 1.57. The zero-order valence-electron chi connectivity index (χ0n) is 11.6. The first-order valence-corrected chi connectivity index (χ1v) is 7.01. The Bertz CT molecular complexity index is 653. The second-order valence-electron chi connectivity index (χ2n) is 5.03. The van der Waals surface area contributed by atoms with Gasteiger partial charge in [-0.2, -0.15) is 0 Å². The number of halogens is 1. The van der Waals surface area contributed by atoms with E-state index in [0.717, 1.165) is 25.9 Å². The van der Waals surface area contributed by atoms with Crippen LogP contribution in [0.25, 0.3) is 0 Å². The molecule has 0 saturated carbocycles. The van der Waals surface area contributed by atoms with Gasteiger partial charge in [0.15, 0.2) is 0 Å². The summed E-state index contributed by atoms with van der Waals surface area (Å²) in [5.41, 5.74) is 1.09. The standard InChI is InChI=1S/C16H16FN3O/c17-12-5-3-6-13(11-12)19-15-14(7-4-8-18-15)16(21)20-9-1-2-10-20/h3-8,11H,1-2,9-10H2,(H,18,19). The second kappa shape index (κ2) is 5.91. The monoisotopic (exact) mass is 285 g/mol. The molecule has 2 aromatic rings. The molecule has 1 fully saturated rings. The van der Waals surface area contributed by atoms with E-state index in [1.165, 1.54) is 12.1 Å². The Morgan fingerprint density at radius 3 is 2.76 bits per heavy atom. The zero-order valence-corrected chi connectivity index (χ0v) is 11.6. The number of carbonyl (C=O) groups is 1. The van der Waals surface area contributed by atoms with E-state index >= 15 is 0 Å². The molecule has 1 aliphatic rings. The van der Waals surface area contributed by atoms with Gasteiger partial charge in [0.05, 0.1) is 5.56 Å². The Labute approximate surface area is 122 Å². The third kappa shape index (κ3) is 3.02. The van der Waals surface area contributed by atoms with Crippen molar-refractivity contribution in [3.63, 3.8) is 0 Å². The van der Waals surface area contributed by atoms with Crippen LogP contribution in [0.4, 0.5) is 15.9 Å². The maximum atomic E-state index is 13.2. The quantitative estimate of drug-likeness (QED) is 0.942. The fraction of sp³-hybridized carbons (Fsp3) is 0.250. The van der Waals surface area contributed by atoms with E-state index in [9.17, 15) is 9.18 Å². The van der Waals surface area contributed by atoms with Gasteiger partial charge in [-0.15, -0.1) is 0 Å². The molecule has 4 nitrogen and oxygen atoms in total. The van der Waals surface area contributed by atoms with Gasteiger partial charge in [-0.1, -0.05) is 6.07 Å². The lowest BCUT2D eigenvalue weighted by atomic mass is 10.2. The maximum absolute atomic E-state index is 13.2. The molecule has 0 aliphatic carbocycles. The van der Waals surface area contributed by atoms with Crippen molar-refractivity contribution >= 4 is 17.4 Å². The van der Waals surface area contributed by atoms with E-state index in [1.807, 2.05) is 4.90 Å². The molecule has 1 amide bonds. The molecule has 0 radical (unpaired) electrons. The SMILES string of the molecule is O=C(c1cccnc1Nc1cccc(F)c1)N1CCCC1. The predicted molar refractivity (Wildman–Crippen MR) is 79.1 cm³/mol. The van der Waals surface area contributed by atoms with Crippen molar-refractivity contribution < 1.29 is 9.18 Å². The summed E-state index contributed by atoms with van der Waals surface area (Å²) < 4.78 is 13.2. The maximum Gasteiger partial charge on any atom is 0.257 e. The van der Waals surface area contributed by atoms with Gasteiger partial charge in [-0.25, -0.2) is 9.37 Å². The van der Waals surface area contributed by atoms with Crippen LogP contribution in [0.5, 0.6) is 0 Å². The first-order chi connectivity index (χ1) is 10.2. The number of aromatic nitrogens is 1. The number of amides is 1. The fourth-order valence-electron chi connectivity index (χ4n) is 2.47. The molecular weight excluding hydrogens is 269 g/mol. The number of pyridine rings is 1. The number of nitrogens with one attached hydrogen (secondary N) is 1. The third-order valence-corrected chi connectivity index (χ3v) is 3.52. The lowest BCUT2D eigenvalue weighted by Gasteiger charge is -2.17. The molecule has 5 heteroatoms. The highest BCUT2D eigenvalue weighted by atomic mass is 19.1. The Morgan fingerprint density at radius 2 is 2.00 bits per heavy atom. The van der Waals surface area contributed by atoms with Crippen LogP contribution in [0.15, 0.2) is 42.6 Å². The van der Waals surface area contributed by atoms with Crippen molar-refractivity contribution in [1.29, 1.82) is 0 Å². The Balaban J connectivity index is 1.87. The molecule has 2 heterocycles. The number of nitrogens with zero attached hydrogens (tertiary/aromatic N) is 2. The van der Waals surface area contributed by atoms with Crippen LogP contribution in [0.2, 0.25) is 0 Å². The highest BCUT2D eigenvalue weighted by Gasteiger charge is 2.22. The van der Waals surface area contributed by atoms with Gasteiger partial charge in [0.1, 0.15) is 11.6 Å². The van der Waals surface area contributed by atoms with E-state index in [2.05, 4.69) is 10.3 Å². The fourth-order valence-corrected chi connectivity index (χ4v) is 2.47. The molecule has 1 aromatic heterocycles. The van der Waals surface area contributed by atoms with Crippen molar-refractivity contribution in [2.75, 3.05) is 18.4 Å². The van der Waals surface area contributed by atoms with Crippen molar-refractivity contribution in [2.24, 2.45) is 0 Å². The molecule has 1 aliphatic heterocycles. The highest BCUT2D eigenvalue weighted by molar-refractivity contribution is 5.99. The van der Waals surface area contributed by atoms with Gasteiger partial charge in [0.25, 0.3) is 5.91 Å². The summed E-state index contributed by atoms with van der Waals surface area (Å²) in [6, 6.07) is 9.58. The molecule has 0 spiro atoms. The molecule has 1 aromatic carbocycles. The number of hydrogen-bond donors (Lipinski definition) is 1. The van der Waals surface area contributed by atoms with E-state index < -0.39 is 0 Å². The van der Waals surface area contributed by atoms with E-state index in [4.69, 9.17) is 0 Å².